The summed E-state index contributed by atoms with van der Waals surface area (Å²) in [4.78, 5) is 6.86. The van der Waals surface area contributed by atoms with Crippen molar-refractivity contribution in [2.75, 3.05) is 40.3 Å². The molecule has 1 atom stereocenters. The number of rotatable bonds is 10. The van der Waals surface area contributed by atoms with E-state index >= 15 is 0 Å². The van der Waals surface area contributed by atoms with Crippen molar-refractivity contribution in [3.8, 4) is 0 Å². The summed E-state index contributed by atoms with van der Waals surface area (Å²) in [6.45, 7) is 5.27. The summed E-state index contributed by atoms with van der Waals surface area (Å²) < 4.78 is 11.5. The van der Waals surface area contributed by atoms with Gasteiger partial charge in [-0.1, -0.05) is 19.3 Å². The Morgan fingerprint density at radius 3 is 2.77 bits per heavy atom. The standard InChI is InChI=1S/C20H36N4O2/c1-4-21-20(22-13-9-15-25-17-10-6-5-7-11-17)23-16-18(24(2)3)19-12-8-14-26-19/h8,12,14,17-18H,4-7,9-11,13,15-16H2,1-3H3,(H2,21,22,23). The van der Waals surface area contributed by atoms with Crippen LogP contribution in [0.2, 0.25) is 0 Å². The SMILES string of the molecule is CCNC(=NCC(c1ccco1)N(C)C)NCCCOC1CCCCC1. The first kappa shape index (κ1) is 20.8. The Kier molecular flexibility index (Phi) is 9.56. The van der Waals surface area contributed by atoms with Crippen LogP contribution in [0.4, 0.5) is 0 Å². The van der Waals surface area contributed by atoms with Crippen LogP contribution in [0, 0.1) is 0 Å². The molecule has 2 rings (SSSR count). The first-order valence-corrected chi connectivity index (χ1v) is 10.0. The van der Waals surface area contributed by atoms with E-state index in [2.05, 4.69) is 22.5 Å². The van der Waals surface area contributed by atoms with Gasteiger partial charge in [-0.15, -0.1) is 0 Å². The van der Waals surface area contributed by atoms with Gasteiger partial charge in [0.05, 0.1) is 25.0 Å². The zero-order valence-electron chi connectivity index (χ0n) is 16.7. The third-order valence-electron chi connectivity index (χ3n) is 4.78. The highest BCUT2D eigenvalue weighted by Gasteiger charge is 2.16. The second-order valence-electron chi connectivity index (χ2n) is 7.13. The minimum absolute atomic E-state index is 0.134. The van der Waals surface area contributed by atoms with Crippen molar-refractivity contribution in [1.82, 2.24) is 15.5 Å². The lowest BCUT2D eigenvalue weighted by molar-refractivity contribution is 0.0277. The van der Waals surface area contributed by atoms with Crippen molar-refractivity contribution in [1.29, 1.82) is 0 Å². The third-order valence-corrected chi connectivity index (χ3v) is 4.78. The van der Waals surface area contributed by atoms with E-state index in [1.54, 1.807) is 6.26 Å². The minimum atomic E-state index is 0.134. The second kappa shape index (κ2) is 12.0. The van der Waals surface area contributed by atoms with E-state index in [4.69, 9.17) is 14.1 Å². The zero-order valence-corrected chi connectivity index (χ0v) is 16.7. The summed E-state index contributed by atoms with van der Waals surface area (Å²) >= 11 is 0. The first-order chi connectivity index (χ1) is 12.7. The number of hydrogen-bond acceptors (Lipinski definition) is 4. The van der Waals surface area contributed by atoms with Gasteiger partial charge in [0.15, 0.2) is 5.96 Å². The first-order valence-electron chi connectivity index (χ1n) is 10.0. The van der Waals surface area contributed by atoms with Crippen LogP contribution < -0.4 is 10.6 Å². The van der Waals surface area contributed by atoms with Gasteiger partial charge in [0.2, 0.25) is 0 Å². The lowest BCUT2D eigenvalue weighted by Crippen LogP contribution is -2.39. The van der Waals surface area contributed by atoms with Gasteiger partial charge in [0.25, 0.3) is 0 Å². The average Bonchev–Trinajstić information content (AvgIpc) is 3.16. The van der Waals surface area contributed by atoms with Crippen molar-refractivity contribution in [3.05, 3.63) is 24.2 Å². The van der Waals surface area contributed by atoms with Crippen LogP contribution in [0.3, 0.4) is 0 Å². The average molecular weight is 365 g/mol. The van der Waals surface area contributed by atoms with Crippen molar-refractivity contribution < 1.29 is 9.15 Å². The van der Waals surface area contributed by atoms with E-state index in [1.807, 2.05) is 26.2 Å². The lowest BCUT2D eigenvalue weighted by atomic mass is 9.98. The van der Waals surface area contributed by atoms with Crippen LogP contribution in [-0.4, -0.2) is 57.3 Å². The lowest BCUT2D eigenvalue weighted by Gasteiger charge is -2.22. The number of nitrogens with zero attached hydrogens (tertiary/aromatic N) is 2. The van der Waals surface area contributed by atoms with Crippen LogP contribution in [0.1, 0.15) is 57.3 Å². The molecule has 0 amide bonds. The van der Waals surface area contributed by atoms with Crippen molar-refractivity contribution in [3.63, 3.8) is 0 Å². The van der Waals surface area contributed by atoms with Crippen molar-refractivity contribution >= 4 is 5.96 Å². The maximum Gasteiger partial charge on any atom is 0.191 e. The van der Waals surface area contributed by atoms with E-state index in [1.165, 1.54) is 32.1 Å². The summed E-state index contributed by atoms with van der Waals surface area (Å²) in [5, 5.41) is 6.72. The van der Waals surface area contributed by atoms with Gasteiger partial charge < -0.3 is 19.8 Å². The van der Waals surface area contributed by atoms with Gasteiger partial charge in [-0.25, -0.2) is 0 Å². The second-order valence-corrected chi connectivity index (χ2v) is 7.13. The van der Waals surface area contributed by atoms with Crippen LogP contribution in [0.15, 0.2) is 27.8 Å². The van der Waals surface area contributed by atoms with E-state index in [-0.39, 0.29) is 6.04 Å². The summed E-state index contributed by atoms with van der Waals surface area (Å²) in [5.74, 6) is 1.79. The highest BCUT2D eigenvalue weighted by molar-refractivity contribution is 5.79. The fourth-order valence-electron chi connectivity index (χ4n) is 3.27. The van der Waals surface area contributed by atoms with Crippen LogP contribution >= 0.6 is 0 Å². The molecule has 148 valence electrons. The molecule has 0 radical (unpaired) electrons. The molecular weight excluding hydrogens is 328 g/mol. The van der Waals surface area contributed by atoms with Gasteiger partial charge in [0, 0.05) is 19.7 Å². The fourth-order valence-corrected chi connectivity index (χ4v) is 3.27. The topological polar surface area (TPSA) is 62.0 Å². The molecule has 1 aromatic rings. The minimum Gasteiger partial charge on any atom is -0.468 e. The Morgan fingerprint density at radius 2 is 2.12 bits per heavy atom. The molecule has 26 heavy (non-hydrogen) atoms. The van der Waals surface area contributed by atoms with Crippen molar-refractivity contribution in [2.45, 2.75) is 57.6 Å². The monoisotopic (exact) mass is 364 g/mol. The molecule has 0 saturated heterocycles. The maximum absolute atomic E-state index is 5.98. The Bertz CT molecular complexity index is 496. The molecule has 1 fully saturated rings. The number of nitrogens with one attached hydrogen (secondary N) is 2. The van der Waals surface area contributed by atoms with Gasteiger partial charge in [-0.05, 0) is 52.4 Å². The van der Waals surface area contributed by atoms with Crippen LogP contribution in [0.5, 0.6) is 0 Å². The molecule has 0 spiro atoms. The molecule has 2 N–H and O–H groups in total. The molecule has 0 bridgehead atoms. The highest BCUT2D eigenvalue weighted by atomic mass is 16.5. The van der Waals surface area contributed by atoms with Gasteiger partial charge >= 0.3 is 0 Å². The highest BCUT2D eigenvalue weighted by Crippen LogP contribution is 2.20. The smallest absolute Gasteiger partial charge is 0.191 e. The Labute approximate surface area is 158 Å². The van der Waals surface area contributed by atoms with E-state index in [9.17, 15) is 0 Å². The Balaban J connectivity index is 1.73. The molecule has 1 aromatic heterocycles. The zero-order chi connectivity index (χ0) is 18.6. The third kappa shape index (κ3) is 7.38. The summed E-state index contributed by atoms with van der Waals surface area (Å²) in [7, 11) is 4.09. The number of ether oxygens (including phenoxy) is 1. The number of furan rings is 1. The van der Waals surface area contributed by atoms with Gasteiger partial charge in [-0.2, -0.15) is 0 Å². The molecule has 0 aliphatic heterocycles. The molecule has 1 unspecified atom stereocenters. The van der Waals surface area contributed by atoms with Crippen LogP contribution in [-0.2, 0) is 4.74 Å². The summed E-state index contributed by atoms with van der Waals surface area (Å²) in [6.07, 6.45) is 9.68. The predicted molar refractivity (Wildman–Crippen MR) is 107 cm³/mol. The molecule has 1 aliphatic rings. The van der Waals surface area contributed by atoms with E-state index in [0.717, 1.165) is 37.8 Å². The Hall–Kier alpha value is -1.53. The number of hydrogen-bond donors (Lipinski definition) is 2. The number of aliphatic imine (C=N–C) groups is 1. The molecule has 1 aliphatic carbocycles. The maximum atomic E-state index is 5.98. The quantitative estimate of drug-likeness (QED) is 0.379. The summed E-state index contributed by atoms with van der Waals surface area (Å²) in [5.41, 5.74) is 0. The molecule has 1 heterocycles. The summed E-state index contributed by atoms with van der Waals surface area (Å²) in [6, 6.07) is 4.06. The Morgan fingerprint density at radius 1 is 1.31 bits per heavy atom. The molecule has 6 nitrogen and oxygen atoms in total. The molecular formula is C20H36N4O2. The molecule has 0 aromatic carbocycles. The predicted octanol–water partition coefficient (Wildman–Crippen LogP) is 3.18. The number of likely N-dealkylation sites (N-methyl/N-ethyl adjacent to an activating group) is 1. The molecule has 1 saturated carbocycles. The van der Waals surface area contributed by atoms with Crippen molar-refractivity contribution in [2.24, 2.45) is 4.99 Å². The number of guanidine groups is 1. The molecule has 6 heteroatoms. The van der Waals surface area contributed by atoms with E-state index in [0.29, 0.717) is 12.6 Å². The largest absolute Gasteiger partial charge is 0.468 e. The van der Waals surface area contributed by atoms with Gasteiger partial charge in [-0.3, -0.25) is 9.89 Å². The fraction of sp³-hybridized carbons (Fsp3) is 0.750. The normalized spacial score (nSPS) is 17.5. The van der Waals surface area contributed by atoms with Crippen LogP contribution in [0.25, 0.3) is 0 Å². The van der Waals surface area contributed by atoms with E-state index < -0.39 is 0 Å². The van der Waals surface area contributed by atoms with Gasteiger partial charge in [0.1, 0.15) is 5.76 Å².